The van der Waals surface area contributed by atoms with Gasteiger partial charge in [0.1, 0.15) is 12.4 Å². The van der Waals surface area contributed by atoms with E-state index >= 15 is 0 Å². The minimum Gasteiger partial charge on any atom is -0.387 e. The summed E-state index contributed by atoms with van der Waals surface area (Å²) in [5, 5.41) is 9.98. The monoisotopic (exact) mass is 202 g/mol. The largest absolute Gasteiger partial charge is 0.387 e. The van der Waals surface area contributed by atoms with Gasteiger partial charge in [0.25, 0.3) is 0 Å². The molecule has 1 aliphatic heterocycles. The van der Waals surface area contributed by atoms with Gasteiger partial charge in [0.2, 0.25) is 0 Å². The zero-order valence-corrected chi connectivity index (χ0v) is 9.11. The first-order valence-corrected chi connectivity index (χ1v) is 4.80. The summed E-state index contributed by atoms with van der Waals surface area (Å²) < 4.78 is 11.0. The van der Waals surface area contributed by atoms with Gasteiger partial charge in [-0.25, -0.2) is 0 Å². The molecule has 0 unspecified atom stereocenters. The second-order valence-electron chi connectivity index (χ2n) is 4.49. The summed E-state index contributed by atoms with van der Waals surface area (Å²) in [5.41, 5.74) is -1.16. The normalized spacial score (nSPS) is 35.2. The van der Waals surface area contributed by atoms with E-state index in [9.17, 15) is 9.90 Å². The highest BCUT2D eigenvalue weighted by molar-refractivity contribution is 5.51. The van der Waals surface area contributed by atoms with Crippen molar-refractivity contribution in [3.8, 4) is 0 Å². The van der Waals surface area contributed by atoms with E-state index in [4.69, 9.17) is 9.47 Å². The molecule has 1 heterocycles. The van der Waals surface area contributed by atoms with Gasteiger partial charge in [-0.2, -0.15) is 0 Å². The van der Waals surface area contributed by atoms with Crippen molar-refractivity contribution < 1.29 is 19.4 Å². The van der Waals surface area contributed by atoms with Gasteiger partial charge in [-0.3, -0.25) is 0 Å². The van der Waals surface area contributed by atoms with E-state index in [1.165, 1.54) is 0 Å². The lowest BCUT2D eigenvalue weighted by molar-refractivity contribution is -0.169. The predicted octanol–water partition coefficient (Wildman–Crippen LogP) is 0.866. The Hall–Kier alpha value is -0.450. The summed E-state index contributed by atoms with van der Waals surface area (Å²) in [7, 11) is 0. The van der Waals surface area contributed by atoms with Gasteiger partial charge in [-0.1, -0.05) is 0 Å². The highest BCUT2D eigenvalue weighted by Crippen LogP contribution is 2.34. The standard InChI is InChI=1S/C10H18O4/c1-7-8(10(4,12)5-6-11)14-9(2,3)13-7/h6-8,12H,5H2,1-4H3/t7-,8+,10-/m0/s1. The average Bonchev–Trinajstić information content (AvgIpc) is 2.25. The second kappa shape index (κ2) is 3.61. The third-order valence-electron chi connectivity index (χ3n) is 2.42. The van der Waals surface area contributed by atoms with Crippen molar-refractivity contribution >= 4 is 6.29 Å². The molecule has 4 heteroatoms. The van der Waals surface area contributed by atoms with Gasteiger partial charge >= 0.3 is 0 Å². The summed E-state index contributed by atoms with van der Waals surface area (Å²) in [5.74, 6) is -0.684. The van der Waals surface area contributed by atoms with Crippen LogP contribution in [0, 0.1) is 0 Å². The highest BCUT2D eigenvalue weighted by atomic mass is 16.8. The molecule has 1 rings (SSSR count). The molecule has 0 amide bonds. The Morgan fingerprint density at radius 2 is 2.07 bits per heavy atom. The maximum absolute atomic E-state index is 10.4. The molecule has 0 aromatic rings. The lowest BCUT2D eigenvalue weighted by Gasteiger charge is -2.29. The lowest BCUT2D eigenvalue weighted by Crippen LogP contribution is -2.45. The SMILES string of the molecule is C[C@@H]1OC(C)(C)O[C@H]1[C@@](C)(O)CC=O. The van der Waals surface area contributed by atoms with Gasteiger partial charge in [-0.05, 0) is 27.7 Å². The molecule has 0 saturated carbocycles. The van der Waals surface area contributed by atoms with E-state index < -0.39 is 17.5 Å². The van der Waals surface area contributed by atoms with Gasteiger partial charge in [0, 0.05) is 6.42 Å². The van der Waals surface area contributed by atoms with Crippen molar-refractivity contribution in [2.75, 3.05) is 0 Å². The Kier molecular flexibility index (Phi) is 2.99. The summed E-state index contributed by atoms with van der Waals surface area (Å²) in [4.78, 5) is 10.4. The van der Waals surface area contributed by atoms with Crippen LogP contribution < -0.4 is 0 Å². The van der Waals surface area contributed by atoms with Crippen molar-refractivity contribution in [3.63, 3.8) is 0 Å². The molecule has 1 saturated heterocycles. The van der Waals surface area contributed by atoms with Crippen LogP contribution in [-0.2, 0) is 14.3 Å². The fourth-order valence-electron chi connectivity index (χ4n) is 1.86. The lowest BCUT2D eigenvalue weighted by atomic mass is 9.92. The minimum atomic E-state index is -1.16. The van der Waals surface area contributed by atoms with Gasteiger partial charge in [-0.15, -0.1) is 0 Å². The first-order valence-electron chi connectivity index (χ1n) is 4.80. The molecule has 0 aromatic heterocycles. The zero-order chi connectivity index (χ0) is 11.0. The number of hydrogen-bond acceptors (Lipinski definition) is 4. The molecule has 0 spiro atoms. The molecule has 14 heavy (non-hydrogen) atoms. The van der Waals surface area contributed by atoms with Crippen LogP contribution in [-0.4, -0.2) is 35.0 Å². The molecule has 3 atom stereocenters. The molecule has 1 aliphatic rings. The summed E-state index contributed by atoms with van der Waals surface area (Å²) in [6.07, 6.45) is 0.0886. The molecule has 82 valence electrons. The van der Waals surface area contributed by atoms with Crippen molar-refractivity contribution in [1.29, 1.82) is 0 Å². The molecule has 4 nitrogen and oxygen atoms in total. The molecule has 1 N–H and O–H groups in total. The third kappa shape index (κ3) is 2.32. The van der Waals surface area contributed by atoms with Crippen LogP contribution in [0.25, 0.3) is 0 Å². The number of aliphatic hydroxyl groups is 1. The van der Waals surface area contributed by atoms with E-state index in [-0.39, 0.29) is 12.5 Å². The second-order valence-corrected chi connectivity index (χ2v) is 4.49. The van der Waals surface area contributed by atoms with Crippen LogP contribution in [0.15, 0.2) is 0 Å². The maximum Gasteiger partial charge on any atom is 0.163 e. The number of carbonyl (C=O) groups is 1. The Morgan fingerprint density at radius 3 is 2.43 bits per heavy atom. The molecule has 0 bridgehead atoms. The highest BCUT2D eigenvalue weighted by Gasteiger charge is 2.47. The predicted molar refractivity (Wildman–Crippen MR) is 50.8 cm³/mol. The Morgan fingerprint density at radius 1 is 1.50 bits per heavy atom. The topological polar surface area (TPSA) is 55.8 Å². The minimum absolute atomic E-state index is 0.0570. The molecule has 0 aliphatic carbocycles. The van der Waals surface area contributed by atoms with Crippen LogP contribution >= 0.6 is 0 Å². The number of aldehydes is 1. The fourth-order valence-corrected chi connectivity index (χ4v) is 1.86. The number of ether oxygens (including phenoxy) is 2. The quantitative estimate of drug-likeness (QED) is 0.690. The smallest absolute Gasteiger partial charge is 0.163 e. The molecule has 1 fully saturated rings. The maximum atomic E-state index is 10.4. The van der Waals surface area contributed by atoms with Crippen LogP contribution in [0.3, 0.4) is 0 Å². The van der Waals surface area contributed by atoms with E-state index in [0.29, 0.717) is 6.29 Å². The fraction of sp³-hybridized carbons (Fsp3) is 0.900. The van der Waals surface area contributed by atoms with Crippen molar-refractivity contribution in [1.82, 2.24) is 0 Å². The van der Waals surface area contributed by atoms with Crippen LogP contribution in [0.4, 0.5) is 0 Å². The van der Waals surface area contributed by atoms with E-state index in [1.807, 2.05) is 6.92 Å². The van der Waals surface area contributed by atoms with E-state index in [2.05, 4.69) is 0 Å². The Labute approximate surface area is 84.2 Å². The van der Waals surface area contributed by atoms with Gasteiger partial charge in [0.15, 0.2) is 5.79 Å². The van der Waals surface area contributed by atoms with Crippen molar-refractivity contribution in [2.24, 2.45) is 0 Å². The summed E-state index contributed by atoms with van der Waals surface area (Å²) >= 11 is 0. The molecular weight excluding hydrogens is 184 g/mol. The zero-order valence-electron chi connectivity index (χ0n) is 9.11. The Bertz CT molecular complexity index is 222. The number of hydrogen-bond donors (Lipinski definition) is 1. The van der Waals surface area contributed by atoms with Crippen molar-refractivity contribution in [3.05, 3.63) is 0 Å². The Balaban J connectivity index is 2.74. The van der Waals surface area contributed by atoms with Crippen molar-refractivity contribution in [2.45, 2.75) is 57.7 Å². The number of carbonyl (C=O) groups excluding carboxylic acids is 1. The molecule has 0 aromatic carbocycles. The average molecular weight is 202 g/mol. The first kappa shape index (κ1) is 11.6. The van der Waals surface area contributed by atoms with Gasteiger partial charge in [0.05, 0.1) is 11.7 Å². The third-order valence-corrected chi connectivity index (χ3v) is 2.42. The van der Waals surface area contributed by atoms with E-state index in [0.717, 1.165) is 0 Å². The molecule has 0 radical (unpaired) electrons. The van der Waals surface area contributed by atoms with Crippen LogP contribution in [0.5, 0.6) is 0 Å². The summed E-state index contributed by atoms with van der Waals surface area (Å²) in [6.45, 7) is 7.01. The number of rotatable bonds is 3. The van der Waals surface area contributed by atoms with E-state index in [1.54, 1.807) is 20.8 Å². The van der Waals surface area contributed by atoms with Crippen LogP contribution in [0.2, 0.25) is 0 Å². The van der Waals surface area contributed by atoms with Crippen LogP contribution in [0.1, 0.15) is 34.1 Å². The first-order chi connectivity index (χ1) is 6.28. The summed E-state index contributed by atoms with van der Waals surface area (Å²) in [6, 6.07) is 0. The van der Waals surface area contributed by atoms with Gasteiger partial charge < -0.3 is 19.4 Å². The molecular formula is C10H18O4.